The summed E-state index contributed by atoms with van der Waals surface area (Å²) < 4.78 is 1.59. The van der Waals surface area contributed by atoms with Crippen molar-refractivity contribution in [3.05, 3.63) is 82.3 Å². The Hall–Kier alpha value is -3.48. The van der Waals surface area contributed by atoms with E-state index in [1.807, 2.05) is 30.3 Å². The van der Waals surface area contributed by atoms with Crippen molar-refractivity contribution in [2.24, 2.45) is 0 Å². The number of imidazole rings is 1. The van der Waals surface area contributed by atoms with Crippen molar-refractivity contribution in [2.45, 2.75) is 13.3 Å². The average molecular weight is 336 g/mol. The molecule has 0 bridgehead atoms. The summed E-state index contributed by atoms with van der Waals surface area (Å²) in [7, 11) is 0. The molecule has 3 rings (SSSR count). The molecule has 0 fully saturated rings. The predicted molar refractivity (Wildman–Crippen MR) is 93.6 cm³/mol. The summed E-state index contributed by atoms with van der Waals surface area (Å²) in [5.41, 5.74) is 5.18. The first-order valence-electron chi connectivity index (χ1n) is 7.67. The standard InChI is InChI=1S/C18H16N4O3/c1-13(23)20-21-12-17(15-7-9-16(10-8-15)22(24)25)19-18(21)11-14-5-3-2-4-6-14/h2-10,12H,11H2,1H3,(H,20,23). The summed E-state index contributed by atoms with van der Waals surface area (Å²) in [6, 6.07) is 15.9. The third-order valence-corrected chi connectivity index (χ3v) is 3.64. The zero-order valence-corrected chi connectivity index (χ0v) is 13.5. The van der Waals surface area contributed by atoms with Crippen LogP contribution in [0.5, 0.6) is 0 Å². The van der Waals surface area contributed by atoms with Gasteiger partial charge in [0.05, 0.1) is 16.8 Å². The molecular weight excluding hydrogens is 320 g/mol. The van der Waals surface area contributed by atoms with Gasteiger partial charge in [0.25, 0.3) is 5.69 Å². The maximum atomic E-state index is 11.4. The highest BCUT2D eigenvalue weighted by Crippen LogP contribution is 2.22. The first-order chi connectivity index (χ1) is 12.0. The van der Waals surface area contributed by atoms with Gasteiger partial charge in [-0.1, -0.05) is 30.3 Å². The van der Waals surface area contributed by atoms with Gasteiger partial charge < -0.3 is 0 Å². The van der Waals surface area contributed by atoms with E-state index in [9.17, 15) is 14.9 Å². The van der Waals surface area contributed by atoms with Crippen LogP contribution in [0.3, 0.4) is 0 Å². The number of nitrogens with zero attached hydrogens (tertiary/aromatic N) is 3. The molecule has 0 spiro atoms. The molecule has 0 aliphatic rings. The fraction of sp³-hybridized carbons (Fsp3) is 0.111. The minimum Gasteiger partial charge on any atom is -0.274 e. The highest BCUT2D eigenvalue weighted by molar-refractivity contribution is 5.81. The van der Waals surface area contributed by atoms with Gasteiger partial charge in [-0.3, -0.25) is 20.3 Å². The number of aromatic nitrogens is 2. The molecule has 1 aromatic heterocycles. The van der Waals surface area contributed by atoms with Crippen LogP contribution in [0.25, 0.3) is 11.3 Å². The van der Waals surface area contributed by atoms with Gasteiger partial charge in [-0.05, 0) is 17.7 Å². The van der Waals surface area contributed by atoms with Crippen LogP contribution in [-0.4, -0.2) is 20.5 Å². The number of non-ortho nitro benzene ring substituents is 1. The number of carbonyl (C=O) groups excluding carboxylic acids is 1. The molecule has 1 N–H and O–H groups in total. The van der Waals surface area contributed by atoms with E-state index >= 15 is 0 Å². The molecule has 0 atom stereocenters. The number of hydrogen-bond acceptors (Lipinski definition) is 4. The Balaban J connectivity index is 1.94. The molecule has 3 aromatic rings. The minimum atomic E-state index is -0.444. The fourth-order valence-electron chi connectivity index (χ4n) is 2.48. The molecule has 7 nitrogen and oxygen atoms in total. The summed E-state index contributed by atoms with van der Waals surface area (Å²) in [6.07, 6.45) is 2.26. The minimum absolute atomic E-state index is 0.0227. The number of amides is 1. The quantitative estimate of drug-likeness (QED) is 0.572. The Morgan fingerprint density at radius 2 is 1.84 bits per heavy atom. The predicted octanol–water partition coefficient (Wildman–Crippen LogP) is 3.14. The lowest BCUT2D eigenvalue weighted by Gasteiger charge is -2.07. The molecule has 126 valence electrons. The number of rotatable bonds is 5. The molecule has 0 saturated heterocycles. The summed E-state index contributed by atoms with van der Waals surface area (Å²) in [4.78, 5) is 26.4. The monoisotopic (exact) mass is 336 g/mol. The molecule has 1 amide bonds. The number of carbonyl (C=O) groups is 1. The van der Waals surface area contributed by atoms with E-state index in [1.54, 1.807) is 23.0 Å². The smallest absolute Gasteiger partial charge is 0.269 e. The van der Waals surface area contributed by atoms with E-state index in [2.05, 4.69) is 10.4 Å². The van der Waals surface area contributed by atoms with Gasteiger partial charge in [-0.25, -0.2) is 9.66 Å². The lowest BCUT2D eigenvalue weighted by molar-refractivity contribution is -0.384. The van der Waals surface area contributed by atoms with Crippen LogP contribution >= 0.6 is 0 Å². The molecule has 0 saturated carbocycles. The highest BCUT2D eigenvalue weighted by Gasteiger charge is 2.13. The Bertz CT molecular complexity index is 902. The molecule has 0 unspecified atom stereocenters. The zero-order chi connectivity index (χ0) is 17.8. The van der Waals surface area contributed by atoms with E-state index < -0.39 is 4.92 Å². The normalized spacial score (nSPS) is 10.4. The van der Waals surface area contributed by atoms with Crippen LogP contribution in [0.15, 0.2) is 60.8 Å². The molecule has 0 radical (unpaired) electrons. The molecule has 0 aliphatic carbocycles. The van der Waals surface area contributed by atoms with E-state index in [0.717, 1.165) is 11.1 Å². The van der Waals surface area contributed by atoms with Gasteiger partial charge in [0.2, 0.25) is 5.91 Å². The van der Waals surface area contributed by atoms with Gasteiger partial charge in [0.1, 0.15) is 5.82 Å². The van der Waals surface area contributed by atoms with Crippen LogP contribution < -0.4 is 5.43 Å². The Kier molecular flexibility index (Phi) is 4.56. The van der Waals surface area contributed by atoms with Crippen LogP contribution in [0.4, 0.5) is 5.69 Å². The lowest BCUT2D eigenvalue weighted by atomic mass is 10.1. The van der Waals surface area contributed by atoms with Crippen LogP contribution in [0.1, 0.15) is 18.3 Å². The molecule has 7 heteroatoms. The van der Waals surface area contributed by atoms with Gasteiger partial charge in [0, 0.05) is 31.0 Å². The van der Waals surface area contributed by atoms with Gasteiger partial charge in [-0.2, -0.15) is 0 Å². The van der Waals surface area contributed by atoms with E-state index in [4.69, 9.17) is 0 Å². The molecule has 0 aliphatic heterocycles. The number of hydrogen-bond donors (Lipinski definition) is 1. The van der Waals surface area contributed by atoms with Crippen molar-refractivity contribution < 1.29 is 9.72 Å². The number of benzene rings is 2. The second-order valence-electron chi connectivity index (χ2n) is 5.55. The summed E-state index contributed by atoms with van der Waals surface area (Å²) in [5.74, 6) is 0.469. The van der Waals surface area contributed by atoms with E-state index in [0.29, 0.717) is 17.9 Å². The van der Waals surface area contributed by atoms with Crippen molar-refractivity contribution in [1.29, 1.82) is 0 Å². The van der Waals surface area contributed by atoms with Crippen molar-refractivity contribution in [3.63, 3.8) is 0 Å². The molecule has 2 aromatic carbocycles. The molecule has 1 heterocycles. The zero-order valence-electron chi connectivity index (χ0n) is 13.5. The number of nitro benzene ring substituents is 1. The van der Waals surface area contributed by atoms with Gasteiger partial charge >= 0.3 is 0 Å². The largest absolute Gasteiger partial charge is 0.274 e. The van der Waals surface area contributed by atoms with E-state index in [-0.39, 0.29) is 11.6 Å². The van der Waals surface area contributed by atoms with Crippen LogP contribution in [0.2, 0.25) is 0 Å². The fourth-order valence-corrected chi connectivity index (χ4v) is 2.48. The Labute approximate surface area is 144 Å². The summed E-state index contributed by atoms with van der Waals surface area (Å²) >= 11 is 0. The third kappa shape index (κ3) is 3.89. The topological polar surface area (TPSA) is 90.1 Å². The third-order valence-electron chi connectivity index (χ3n) is 3.64. The first kappa shape index (κ1) is 16.4. The second-order valence-corrected chi connectivity index (χ2v) is 5.55. The van der Waals surface area contributed by atoms with Crippen molar-refractivity contribution >= 4 is 11.6 Å². The van der Waals surface area contributed by atoms with E-state index in [1.165, 1.54) is 19.1 Å². The Morgan fingerprint density at radius 1 is 1.16 bits per heavy atom. The maximum absolute atomic E-state index is 11.4. The maximum Gasteiger partial charge on any atom is 0.269 e. The summed E-state index contributed by atoms with van der Waals surface area (Å²) in [6.45, 7) is 1.43. The SMILES string of the molecule is CC(=O)Nn1cc(-c2ccc([N+](=O)[O-])cc2)nc1Cc1ccccc1. The first-order valence-corrected chi connectivity index (χ1v) is 7.67. The molecule has 25 heavy (non-hydrogen) atoms. The van der Waals surface area contributed by atoms with Crippen molar-refractivity contribution in [3.8, 4) is 11.3 Å². The molecular formula is C18H16N4O3. The Morgan fingerprint density at radius 3 is 2.44 bits per heavy atom. The highest BCUT2D eigenvalue weighted by atomic mass is 16.6. The van der Waals surface area contributed by atoms with Crippen molar-refractivity contribution in [1.82, 2.24) is 9.66 Å². The van der Waals surface area contributed by atoms with Crippen molar-refractivity contribution in [2.75, 3.05) is 5.43 Å². The number of nitro groups is 1. The van der Waals surface area contributed by atoms with Gasteiger partial charge in [-0.15, -0.1) is 0 Å². The van der Waals surface area contributed by atoms with Crippen LogP contribution in [0, 0.1) is 10.1 Å². The summed E-state index contributed by atoms with van der Waals surface area (Å²) in [5, 5.41) is 10.8. The second kappa shape index (κ2) is 6.96. The van der Waals surface area contributed by atoms with Crippen LogP contribution in [-0.2, 0) is 11.2 Å². The van der Waals surface area contributed by atoms with Gasteiger partial charge in [0.15, 0.2) is 0 Å². The average Bonchev–Trinajstić information content (AvgIpc) is 2.98. The lowest BCUT2D eigenvalue weighted by Crippen LogP contribution is -2.21. The number of nitrogens with one attached hydrogen (secondary N) is 1.